The Hall–Kier alpha value is -0.660. The van der Waals surface area contributed by atoms with Crippen molar-refractivity contribution in [3.63, 3.8) is 0 Å². The van der Waals surface area contributed by atoms with Crippen LogP contribution in [0.1, 0.15) is 19.3 Å². The molecule has 1 rings (SSSR count). The fourth-order valence-electron chi connectivity index (χ4n) is 0.655. The summed E-state index contributed by atoms with van der Waals surface area (Å²) >= 11 is 0. The molecule has 0 bridgehead atoms. The molecule has 3 N–H and O–H groups in total. The lowest BCUT2D eigenvalue weighted by molar-refractivity contribution is -0.144. The van der Waals surface area contributed by atoms with Gasteiger partial charge in [0.05, 0.1) is 5.92 Å². The average Bonchev–Trinajstić information content (AvgIpc) is 1.49. The number of carbonyl (C=O) groups is 1. The van der Waals surface area contributed by atoms with Crippen molar-refractivity contribution in [2.24, 2.45) is 5.92 Å². The highest BCUT2D eigenvalue weighted by atomic mass is 32.3. The summed E-state index contributed by atoms with van der Waals surface area (Å²) in [6.07, 6.45) is 2.90. The van der Waals surface area contributed by atoms with E-state index in [-0.39, 0.29) is 5.92 Å². The summed E-state index contributed by atoms with van der Waals surface area (Å²) in [6, 6.07) is 0. The molecule has 1 fully saturated rings. The maximum atomic E-state index is 9.98. The predicted octanol–water partition coefficient (Wildman–Crippen LogP) is 0.218. The first-order chi connectivity index (χ1) is 5.30. The fraction of sp³-hybridized carbons (Fsp3) is 0.800. The summed E-state index contributed by atoms with van der Waals surface area (Å²) in [6.45, 7) is 0. The molecule has 6 nitrogen and oxygen atoms in total. The number of hydrogen-bond acceptors (Lipinski definition) is 3. The number of carboxylic acid groups (broad SMARTS) is 1. The maximum absolute atomic E-state index is 9.98. The van der Waals surface area contributed by atoms with E-state index in [4.69, 9.17) is 22.6 Å². The van der Waals surface area contributed by atoms with E-state index < -0.39 is 16.4 Å². The molecule has 72 valence electrons. The molecule has 0 unspecified atom stereocenters. The van der Waals surface area contributed by atoms with Crippen LogP contribution in [0.25, 0.3) is 0 Å². The third-order valence-corrected chi connectivity index (χ3v) is 1.45. The summed E-state index contributed by atoms with van der Waals surface area (Å²) < 4.78 is 31.6. The molecule has 1 aliphatic carbocycles. The molecule has 0 radical (unpaired) electrons. The van der Waals surface area contributed by atoms with Crippen molar-refractivity contribution in [3.05, 3.63) is 0 Å². The van der Waals surface area contributed by atoms with E-state index in [1.165, 1.54) is 0 Å². The first-order valence-electron chi connectivity index (χ1n) is 3.23. The molecule has 0 aromatic heterocycles. The third kappa shape index (κ3) is 7.45. The van der Waals surface area contributed by atoms with E-state index in [1.54, 1.807) is 0 Å². The first-order valence-corrected chi connectivity index (χ1v) is 4.63. The molecule has 0 aliphatic heterocycles. The van der Waals surface area contributed by atoms with Gasteiger partial charge in [0, 0.05) is 0 Å². The van der Waals surface area contributed by atoms with Crippen LogP contribution in [0.2, 0.25) is 0 Å². The quantitative estimate of drug-likeness (QED) is 0.519. The lowest BCUT2D eigenvalue weighted by Gasteiger charge is -2.19. The molecule has 0 heterocycles. The Morgan fingerprint density at radius 3 is 1.58 bits per heavy atom. The van der Waals surface area contributed by atoms with Gasteiger partial charge in [-0.1, -0.05) is 6.42 Å². The summed E-state index contributed by atoms with van der Waals surface area (Å²) in [5.74, 6) is -0.619. The fourth-order valence-corrected chi connectivity index (χ4v) is 0.655. The standard InChI is InChI=1S/C5H8O2.H2O4S/c6-5(7)4-2-1-3-4;1-5(2,3)4/h4H,1-3H2,(H,6,7);(H2,1,2,3,4). The monoisotopic (exact) mass is 198 g/mol. The highest BCUT2D eigenvalue weighted by molar-refractivity contribution is 7.79. The van der Waals surface area contributed by atoms with Gasteiger partial charge in [-0.3, -0.25) is 13.9 Å². The lowest BCUT2D eigenvalue weighted by Crippen LogP contribution is -2.20. The van der Waals surface area contributed by atoms with Crippen LogP contribution < -0.4 is 0 Å². The zero-order valence-electron chi connectivity index (χ0n) is 6.17. The van der Waals surface area contributed by atoms with Gasteiger partial charge in [-0.15, -0.1) is 0 Å². The Morgan fingerprint density at radius 2 is 1.58 bits per heavy atom. The summed E-state index contributed by atoms with van der Waals surface area (Å²) in [7, 11) is -4.67. The Bertz CT molecular complexity index is 231. The van der Waals surface area contributed by atoms with Gasteiger partial charge in [0.25, 0.3) is 0 Å². The Morgan fingerprint density at radius 1 is 1.25 bits per heavy atom. The van der Waals surface area contributed by atoms with Crippen LogP contribution in [0.4, 0.5) is 0 Å². The van der Waals surface area contributed by atoms with Crippen LogP contribution in [0, 0.1) is 5.92 Å². The molecule has 0 amide bonds. The SMILES string of the molecule is O=C(O)C1CCC1.O=S(=O)(O)O. The minimum absolute atomic E-state index is 0.000000000000000444. The zero-order valence-corrected chi connectivity index (χ0v) is 6.99. The molecule has 0 atom stereocenters. The van der Waals surface area contributed by atoms with E-state index in [0.717, 1.165) is 19.3 Å². The maximum Gasteiger partial charge on any atom is 0.394 e. The number of aliphatic carboxylic acids is 1. The average molecular weight is 198 g/mol. The van der Waals surface area contributed by atoms with Crippen LogP contribution in [0.15, 0.2) is 0 Å². The van der Waals surface area contributed by atoms with E-state index in [1.807, 2.05) is 0 Å². The van der Waals surface area contributed by atoms with E-state index in [0.29, 0.717) is 0 Å². The van der Waals surface area contributed by atoms with Gasteiger partial charge in [0.2, 0.25) is 0 Å². The summed E-state index contributed by atoms with van der Waals surface area (Å²) in [4.78, 5) is 9.98. The Kier molecular flexibility index (Phi) is 4.15. The van der Waals surface area contributed by atoms with Crippen LogP contribution in [0.5, 0.6) is 0 Å². The van der Waals surface area contributed by atoms with Gasteiger partial charge < -0.3 is 5.11 Å². The van der Waals surface area contributed by atoms with Gasteiger partial charge in [0.1, 0.15) is 0 Å². The van der Waals surface area contributed by atoms with Gasteiger partial charge in [-0.05, 0) is 12.8 Å². The zero-order chi connectivity index (χ0) is 9.78. The molecule has 1 saturated carbocycles. The molecule has 0 spiro atoms. The molecule has 1 aliphatic rings. The van der Waals surface area contributed by atoms with E-state index in [9.17, 15) is 4.79 Å². The van der Waals surface area contributed by atoms with Crippen LogP contribution in [-0.4, -0.2) is 28.6 Å². The Balaban J connectivity index is 0.000000217. The van der Waals surface area contributed by atoms with Gasteiger partial charge in [-0.2, -0.15) is 8.42 Å². The largest absolute Gasteiger partial charge is 0.481 e. The van der Waals surface area contributed by atoms with Crippen molar-refractivity contribution in [1.29, 1.82) is 0 Å². The van der Waals surface area contributed by atoms with E-state index in [2.05, 4.69) is 0 Å². The van der Waals surface area contributed by atoms with Crippen LogP contribution in [0.3, 0.4) is 0 Å². The summed E-state index contributed by atoms with van der Waals surface area (Å²) in [5.41, 5.74) is 0. The number of hydrogen-bond donors (Lipinski definition) is 3. The molecular formula is C5H10O6S. The highest BCUT2D eigenvalue weighted by Gasteiger charge is 2.23. The van der Waals surface area contributed by atoms with Crippen molar-refractivity contribution in [3.8, 4) is 0 Å². The number of carboxylic acids is 1. The lowest BCUT2D eigenvalue weighted by atomic mass is 9.86. The minimum Gasteiger partial charge on any atom is -0.481 e. The molecular weight excluding hydrogens is 188 g/mol. The minimum atomic E-state index is -4.67. The Labute approximate surface area is 69.8 Å². The molecule has 0 saturated heterocycles. The van der Waals surface area contributed by atoms with Crippen molar-refractivity contribution >= 4 is 16.4 Å². The molecule has 0 aromatic carbocycles. The third-order valence-electron chi connectivity index (χ3n) is 1.45. The second kappa shape index (κ2) is 4.39. The number of rotatable bonds is 1. The van der Waals surface area contributed by atoms with Crippen molar-refractivity contribution in [2.75, 3.05) is 0 Å². The smallest absolute Gasteiger partial charge is 0.394 e. The van der Waals surface area contributed by atoms with Crippen molar-refractivity contribution in [1.82, 2.24) is 0 Å². The second-order valence-electron chi connectivity index (χ2n) is 2.41. The predicted molar refractivity (Wildman–Crippen MR) is 39.2 cm³/mol. The van der Waals surface area contributed by atoms with Crippen LogP contribution >= 0.6 is 0 Å². The van der Waals surface area contributed by atoms with Gasteiger partial charge >= 0.3 is 16.4 Å². The molecule has 7 heteroatoms. The van der Waals surface area contributed by atoms with Gasteiger partial charge in [0.15, 0.2) is 0 Å². The van der Waals surface area contributed by atoms with Crippen LogP contribution in [-0.2, 0) is 15.2 Å². The molecule has 0 aromatic rings. The van der Waals surface area contributed by atoms with Crippen molar-refractivity contribution < 1.29 is 27.4 Å². The molecule has 12 heavy (non-hydrogen) atoms. The normalized spacial score (nSPS) is 17.2. The topological polar surface area (TPSA) is 112 Å². The van der Waals surface area contributed by atoms with E-state index >= 15 is 0 Å². The summed E-state index contributed by atoms with van der Waals surface area (Å²) in [5, 5.41) is 8.23. The second-order valence-corrected chi connectivity index (χ2v) is 3.31. The first kappa shape index (κ1) is 11.3. The van der Waals surface area contributed by atoms with Crippen molar-refractivity contribution in [2.45, 2.75) is 19.3 Å². The highest BCUT2D eigenvalue weighted by Crippen LogP contribution is 2.25. The van der Waals surface area contributed by atoms with Gasteiger partial charge in [-0.25, -0.2) is 0 Å².